The van der Waals surface area contributed by atoms with Crippen LogP contribution in [-0.4, -0.2) is 34.8 Å². The lowest BCUT2D eigenvalue weighted by Crippen LogP contribution is -2.39. The number of hydrogen-bond donors (Lipinski definition) is 2. The van der Waals surface area contributed by atoms with E-state index in [-0.39, 0.29) is 18.3 Å². The van der Waals surface area contributed by atoms with Crippen LogP contribution >= 0.6 is 0 Å². The summed E-state index contributed by atoms with van der Waals surface area (Å²) in [6.45, 7) is 2.21. The van der Waals surface area contributed by atoms with Crippen LogP contribution < -0.4 is 5.73 Å². The molecule has 2 amide bonds. The lowest BCUT2D eigenvalue weighted by Gasteiger charge is -2.26. The van der Waals surface area contributed by atoms with Gasteiger partial charge in [-0.15, -0.1) is 0 Å². The van der Waals surface area contributed by atoms with Gasteiger partial charge in [0.2, 0.25) is 5.91 Å². The summed E-state index contributed by atoms with van der Waals surface area (Å²) in [5, 5.41) is 0.807. The second-order valence-electron chi connectivity index (χ2n) is 7.35. The smallest absolute Gasteiger partial charge is 0.270 e. The minimum absolute atomic E-state index is 0.103. The van der Waals surface area contributed by atoms with Crippen LogP contribution in [0.4, 0.5) is 4.39 Å². The number of rotatable bonds is 6. The molecule has 0 aliphatic heterocycles. The molecule has 1 aliphatic rings. The van der Waals surface area contributed by atoms with E-state index in [1.54, 1.807) is 13.0 Å². The van der Waals surface area contributed by atoms with Crippen LogP contribution in [0.15, 0.2) is 18.2 Å². The lowest BCUT2D eigenvalue weighted by molar-refractivity contribution is -0.118. The Hall–Kier alpha value is -2.37. The number of H-pyrrole nitrogens is 1. The Kier molecular flexibility index (Phi) is 5.59. The number of amides is 2. The number of carbonyl (C=O) groups excluding carboxylic acids is 2. The van der Waals surface area contributed by atoms with Crippen molar-refractivity contribution in [1.29, 1.82) is 0 Å². The third kappa shape index (κ3) is 4.23. The van der Waals surface area contributed by atoms with Crippen molar-refractivity contribution in [2.75, 3.05) is 13.1 Å². The van der Waals surface area contributed by atoms with Gasteiger partial charge in [-0.3, -0.25) is 9.59 Å². The Labute approximate surface area is 152 Å². The van der Waals surface area contributed by atoms with E-state index in [0.717, 1.165) is 17.4 Å². The number of aromatic amines is 1. The molecule has 6 heteroatoms. The first-order chi connectivity index (χ1) is 12.4. The van der Waals surface area contributed by atoms with Gasteiger partial charge >= 0.3 is 0 Å². The fraction of sp³-hybridized carbons (Fsp3) is 0.500. The fourth-order valence-corrected chi connectivity index (χ4v) is 3.92. The second-order valence-corrected chi connectivity index (χ2v) is 7.35. The Morgan fingerprint density at radius 3 is 2.65 bits per heavy atom. The lowest BCUT2D eigenvalue weighted by atomic mass is 9.87. The number of nitrogens with zero attached hydrogens (tertiary/aromatic N) is 1. The molecule has 0 unspecified atom stereocenters. The molecule has 1 aromatic heterocycles. The zero-order chi connectivity index (χ0) is 18.7. The molecule has 3 rings (SSSR count). The van der Waals surface area contributed by atoms with Gasteiger partial charge in [-0.25, -0.2) is 4.39 Å². The molecule has 0 spiro atoms. The average Bonchev–Trinajstić information content (AvgIpc) is 3.03. The van der Waals surface area contributed by atoms with Gasteiger partial charge in [0.15, 0.2) is 0 Å². The van der Waals surface area contributed by atoms with Gasteiger partial charge in [-0.1, -0.05) is 32.1 Å². The summed E-state index contributed by atoms with van der Waals surface area (Å²) >= 11 is 0. The molecule has 3 N–H and O–H groups in total. The number of primary amides is 1. The van der Waals surface area contributed by atoms with Gasteiger partial charge in [-0.2, -0.15) is 0 Å². The van der Waals surface area contributed by atoms with Crippen molar-refractivity contribution in [3.05, 3.63) is 35.3 Å². The molecule has 2 aromatic rings. The van der Waals surface area contributed by atoms with Crippen molar-refractivity contribution in [3.8, 4) is 0 Å². The number of carbonyl (C=O) groups is 2. The number of halogens is 1. The first kappa shape index (κ1) is 18.4. The fourth-order valence-electron chi connectivity index (χ4n) is 3.92. The highest BCUT2D eigenvalue weighted by Crippen LogP contribution is 2.27. The van der Waals surface area contributed by atoms with E-state index in [9.17, 15) is 14.0 Å². The summed E-state index contributed by atoms with van der Waals surface area (Å²) in [6, 6.07) is 4.54. The highest BCUT2D eigenvalue weighted by Gasteiger charge is 2.22. The van der Waals surface area contributed by atoms with Gasteiger partial charge in [0, 0.05) is 17.4 Å². The summed E-state index contributed by atoms with van der Waals surface area (Å²) < 4.78 is 13.6. The van der Waals surface area contributed by atoms with Crippen LogP contribution in [0.2, 0.25) is 0 Å². The van der Waals surface area contributed by atoms with Crippen molar-refractivity contribution < 1.29 is 14.0 Å². The molecule has 1 aliphatic carbocycles. The van der Waals surface area contributed by atoms with Crippen LogP contribution in [0.25, 0.3) is 10.9 Å². The molecule has 5 nitrogen and oxygen atoms in total. The Morgan fingerprint density at radius 2 is 1.96 bits per heavy atom. The number of nitrogens with one attached hydrogen (secondary N) is 1. The Bertz CT molecular complexity index is 809. The maximum absolute atomic E-state index is 13.6. The van der Waals surface area contributed by atoms with Crippen LogP contribution in [0.5, 0.6) is 0 Å². The van der Waals surface area contributed by atoms with Crippen LogP contribution in [0.3, 0.4) is 0 Å². The van der Waals surface area contributed by atoms with Gasteiger partial charge in [0.1, 0.15) is 11.5 Å². The Balaban J connectivity index is 1.77. The largest absolute Gasteiger partial charge is 0.368 e. The summed E-state index contributed by atoms with van der Waals surface area (Å²) in [5.74, 6) is -0.538. The van der Waals surface area contributed by atoms with E-state index < -0.39 is 5.91 Å². The number of nitrogens with two attached hydrogens (primary N) is 1. The predicted octanol–water partition coefficient (Wildman–Crippen LogP) is 3.51. The summed E-state index contributed by atoms with van der Waals surface area (Å²) in [6.07, 6.45) is 7.01. The number of aryl methyl sites for hydroxylation is 1. The first-order valence-electron chi connectivity index (χ1n) is 9.30. The molecule has 1 heterocycles. The van der Waals surface area contributed by atoms with E-state index in [1.165, 1.54) is 49.1 Å². The number of benzene rings is 1. The van der Waals surface area contributed by atoms with Crippen molar-refractivity contribution in [3.63, 3.8) is 0 Å². The third-order valence-corrected chi connectivity index (χ3v) is 5.31. The maximum atomic E-state index is 13.6. The summed E-state index contributed by atoms with van der Waals surface area (Å²) in [7, 11) is 0. The standard InChI is InChI=1S/C20H26FN3O2/c1-13-9-15(21)10-17-16(13)11-18(23-17)20(26)24(12-19(22)25)8-7-14-5-3-2-4-6-14/h9-11,14,23H,2-8,12H2,1H3,(H2,22,25). The van der Waals surface area contributed by atoms with Crippen molar-refractivity contribution >= 4 is 22.7 Å². The summed E-state index contributed by atoms with van der Waals surface area (Å²) in [5.41, 5.74) is 7.05. The van der Waals surface area contributed by atoms with Crippen molar-refractivity contribution in [1.82, 2.24) is 9.88 Å². The maximum Gasteiger partial charge on any atom is 0.270 e. The molecule has 1 saturated carbocycles. The van der Waals surface area contributed by atoms with Crippen LogP contribution in [-0.2, 0) is 4.79 Å². The first-order valence-corrected chi connectivity index (χ1v) is 9.30. The molecule has 0 radical (unpaired) electrons. The molecule has 140 valence electrons. The van der Waals surface area contributed by atoms with E-state index >= 15 is 0 Å². The normalized spacial score (nSPS) is 15.3. The van der Waals surface area contributed by atoms with Crippen LogP contribution in [0, 0.1) is 18.7 Å². The van der Waals surface area contributed by atoms with E-state index in [4.69, 9.17) is 5.73 Å². The molecule has 0 bridgehead atoms. The van der Waals surface area contributed by atoms with E-state index in [0.29, 0.717) is 23.7 Å². The topological polar surface area (TPSA) is 79.2 Å². The van der Waals surface area contributed by atoms with Crippen molar-refractivity contribution in [2.24, 2.45) is 11.7 Å². The van der Waals surface area contributed by atoms with Crippen molar-refractivity contribution in [2.45, 2.75) is 45.4 Å². The molecule has 1 fully saturated rings. The molecule has 1 aromatic carbocycles. The van der Waals surface area contributed by atoms with Gasteiger partial charge in [0.25, 0.3) is 5.91 Å². The zero-order valence-corrected chi connectivity index (χ0v) is 15.2. The summed E-state index contributed by atoms with van der Waals surface area (Å²) in [4.78, 5) is 28.8. The van der Waals surface area contributed by atoms with E-state index in [1.807, 2.05) is 0 Å². The highest BCUT2D eigenvalue weighted by molar-refractivity contribution is 6.00. The minimum Gasteiger partial charge on any atom is -0.368 e. The molecule has 0 atom stereocenters. The van der Waals surface area contributed by atoms with Gasteiger partial charge < -0.3 is 15.6 Å². The predicted molar refractivity (Wildman–Crippen MR) is 99.3 cm³/mol. The SMILES string of the molecule is Cc1cc(F)cc2[nH]c(C(=O)N(CCC3CCCCC3)CC(N)=O)cc12. The third-order valence-electron chi connectivity index (χ3n) is 5.31. The molecular formula is C20H26FN3O2. The number of hydrogen-bond acceptors (Lipinski definition) is 2. The van der Waals surface area contributed by atoms with Gasteiger partial charge in [-0.05, 0) is 43.0 Å². The molecule has 26 heavy (non-hydrogen) atoms. The quantitative estimate of drug-likeness (QED) is 0.828. The van der Waals surface area contributed by atoms with Gasteiger partial charge in [0.05, 0.1) is 6.54 Å². The zero-order valence-electron chi connectivity index (χ0n) is 15.2. The number of fused-ring (bicyclic) bond motifs is 1. The minimum atomic E-state index is -0.527. The number of aromatic nitrogens is 1. The van der Waals surface area contributed by atoms with E-state index in [2.05, 4.69) is 4.98 Å². The monoisotopic (exact) mass is 359 g/mol. The van der Waals surface area contributed by atoms with Crippen LogP contribution in [0.1, 0.15) is 54.6 Å². The average molecular weight is 359 g/mol. The Morgan fingerprint density at radius 1 is 1.23 bits per heavy atom. The second kappa shape index (κ2) is 7.89. The molecular weight excluding hydrogens is 333 g/mol. The molecule has 0 saturated heterocycles. The highest BCUT2D eigenvalue weighted by atomic mass is 19.1.